The van der Waals surface area contributed by atoms with Crippen LogP contribution in [0.25, 0.3) is 26.7 Å². The Bertz CT molecular complexity index is 1380. The van der Waals surface area contributed by atoms with Crippen molar-refractivity contribution in [2.45, 2.75) is 19.6 Å². The lowest BCUT2D eigenvalue weighted by atomic mass is 10.0. The number of pyridine rings is 1. The summed E-state index contributed by atoms with van der Waals surface area (Å²) in [5.41, 5.74) is -0.328. The lowest BCUT2D eigenvalue weighted by Crippen LogP contribution is -2.25. The molecule has 0 N–H and O–H groups in total. The van der Waals surface area contributed by atoms with Crippen molar-refractivity contribution in [1.29, 1.82) is 0 Å². The van der Waals surface area contributed by atoms with Gasteiger partial charge in [-0.3, -0.25) is 4.79 Å². The van der Waals surface area contributed by atoms with Crippen molar-refractivity contribution in [3.05, 3.63) is 105 Å². The van der Waals surface area contributed by atoms with Crippen molar-refractivity contribution in [2.75, 3.05) is 0 Å². The van der Waals surface area contributed by atoms with Crippen LogP contribution in [0.3, 0.4) is 0 Å². The highest BCUT2D eigenvalue weighted by Gasteiger charge is 2.36. The Hall–Kier alpha value is -3.70. The quantitative estimate of drug-likeness (QED) is 0.330. The van der Waals surface area contributed by atoms with Crippen LogP contribution in [0, 0.1) is 13.5 Å². The molecule has 0 aliphatic rings. The first-order valence-electron chi connectivity index (χ1n) is 9.57. The lowest BCUT2D eigenvalue weighted by molar-refractivity contribution is -0.136. The normalized spacial score (nSPS) is 11.3. The third-order valence-electron chi connectivity index (χ3n) is 4.90. The molecule has 0 spiro atoms. The Kier molecular flexibility index (Phi) is 5.68. The van der Waals surface area contributed by atoms with E-state index in [1.165, 1.54) is 15.9 Å². The van der Waals surface area contributed by atoms with Crippen LogP contribution in [-0.4, -0.2) is 9.55 Å². The number of nitrogens with zero attached hydrogens (tertiary/aromatic N) is 3. The minimum atomic E-state index is -4.82. The van der Waals surface area contributed by atoms with Gasteiger partial charge in [0.1, 0.15) is 5.01 Å². The zero-order valence-corrected chi connectivity index (χ0v) is 17.7. The third-order valence-corrected chi connectivity index (χ3v) is 5.84. The molecule has 4 rings (SSSR count). The summed E-state index contributed by atoms with van der Waals surface area (Å²) >= 11 is 1.38. The number of benzene rings is 2. The maximum absolute atomic E-state index is 13.6. The van der Waals surface area contributed by atoms with Crippen LogP contribution in [-0.2, 0) is 12.7 Å². The molecule has 0 atom stereocenters. The van der Waals surface area contributed by atoms with E-state index in [9.17, 15) is 18.0 Å². The standard InChI is InChI=1S/C24H16F3N3OS/c1-15-7-6-10-17(11-15)20-12-19(24(25,26)27)21(28-2)23(31)30(20)13-18-14-32-22(29-18)16-8-4-3-5-9-16/h3-12,14H,13H2,1H3. The van der Waals surface area contributed by atoms with Gasteiger partial charge in [0.15, 0.2) is 0 Å². The average Bonchev–Trinajstić information content (AvgIpc) is 3.23. The van der Waals surface area contributed by atoms with Crippen LogP contribution < -0.4 is 5.56 Å². The van der Waals surface area contributed by atoms with Gasteiger partial charge in [-0.25, -0.2) is 9.83 Å². The minimum absolute atomic E-state index is 0.0495. The molecule has 0 radical (unpaired) electrons. The van der Waals surface area contributed by atoms with E-state index in [2.05, 4.69) is 9.83 Å². The summed E-state index contributed by atoms with van der Waals surface area (Å²) in [6.45, 7) is 8.97. The smallest absolute Gasteiger partial charge is 0.311 e. The van der Waals surface area contributed by atoms with Gasteiger partial charge in [0.2, 0.25) is 0 Å². The van der Waals surface area contributed by atoms with Crippen LogP contribution in [0.2, 0.25) is 0 Å². The molecule has 0 unspecified atom stereocenters. The molecule has 0 aliphatic heterocycles. The van der Waals surface area contributed by atoms with Gasteiger partial charge in [0.05, 0.1) is 24.4 Å². The Labute approximate surface area is 186 Å². The maximum Gasteiger partial charge on any atom is 0.407 e. The molecule has 4 nitrogen and oxygen atoms in total. The zero-order chi connectivity index (χ0) is 22.9. The van der Waals surface area contributed by atoms with Gasteiger partial charge >= 0.3 is 6.18 Å². The first-order valence-corrected chi connectivity index (χ1v) is 10.5. The molecule has 0 bridgehead atoms. The highest BCUT2D eigenvalue weighted by atomic mass is 32.1. The maximum atomic E-state index is 13.6. The number of thiazole rings is 1. The van der Waals surface area contributed by atoms with Gasteiger partial charge in [-0.15, -0.1) is 11.3 Å². The number of hydrogen-bond acceptors (Lipinski definition) is 3. The first-order chi connectivity index (χ1) is 15.3. The molecule has 2 aromatic heterocycles. The van der Waals surface area contributed by atoms with Crippen molar-refractivity contribution in [3.8, 4) is 21.8 Å². The second kappa shape index (κ2) is 8.44. The Morgan fingerprint density at radius 2 is 1.78 bits per heavy atom. The van der Waals surface area contributed by atoms with E-state index in [0.29, 0.717) is 11.3 Å². The van der Waals surface area contributed by atoms with Crippen LogP contribution in [0.4, 0.5) is 18.9 Å². The molecule has 4 aromatic rings. The van der Waals surface area contributed by atoms with Crippen LogP contribution >= 0.6 is 11.3 Å². The third kappa shape index (κ3) is 4.20. The zero-order valence-electron chi connectivity index (χ0n) is 16.8. The summed E-state index contributed by atoms with van der Waals surface area (Å²) in [7, 11) is 0. The van der Waals surface area contributed by atoms with Crippen LogP contribution in [0.15, 0.2) is 70.8 Å². The monoisotopic (exact) mass is 451 g/mol. The van der Waals surface area contributed by atoms with Crippen molar-refractivity contribution in [1.82, 2.24) is 9.55 Å². The molecule has 32 heavy (non-hydrogen) atoms. The molecule has 2 aromatic carbocycles. The number of aromatic nitrogens is 2. The number of aryl methyl sites for hydroxylation is 1. The van der Waals surface area contributed by atoms with Gasteiger partial charge in [0.25, 0.3) is 11.2 Å². The van der Waals surface area contributed by atoms with Gasteiger partial charge in [-0.05, 0) is 24.6 Å². The highest BCUT2D eigenvalue weighted by molar-refractivity contribution is 7.13. The summed E-state index contributed by atoms with van der Waals surface area (Å²) in [6.07, 6.45) is -4.82. The van der Waals surface area contributed by atoms with Crippen LogP contribution in [0.1, 0.15) is 16.8 Å². The molecule has 0 fully saturated rings. The molecule has 8 heteroatoms. The van der Waals surface area contributed by atoms with E-state index in [1.807, 2.05) is 43.3 Å². The highest BCUT2D eigenvalue weighted by Crippen LogP contribution is 2.37. The van der Waals surface area contributed by atoms with E-state index in [1.54, 1.807) is 23.6 Å². The predicted octanol–water partition coefficient (Wildman–Crippen LogP) is 6.57. The fourth-order valence-corrected chi connectivity index (χ4v) is 4.23. The number of rotatable bonds is 4. The summed E-state index contributed by atoms with van der Waals surface area (Å²) < 4.78 is 42.1. The second-order valence-corrected chi connectivity index (χ2v) is 8.03. The van der Waals surface area contributed by atoms with E-state index in [-0.39, 0.29) is 12.2 Å². The summed E-state index contributed by atoms with van der Waals surface area (Å²) in [6, 6.07) is 17.2. The van der Waals surface area contributed by atoms with E-state index < -0.39 is 23.0 Å². The minimum Gasteiger partial charge on any atom is -0.311 e. The molecular formula is C24H16F3N3OS. The largest absolute Gasteiger partial charge is 0.407 e. The molecule has 0 saturated carbocycles. The van der Waals surface area contributed by atoms with E-state index in [0.717, 1.165) is 22.2 Å². The SMILES string of the molecule is [C-]#[N+]c1c(C(F)(F)F)cc(-c2cccc(C)c2)n(Cc2csc(-c3ccccc3)n2)c1=O. The first kappa shape index (κ1) is 21.5. The van der Waals surface area contributed by atoms with E-state index >= 15 is 0 Å². The number of halogens is 3. The molecule has 0 saturated heterocycles. The Morgan fingerprint density at radius 3 is 2.44 bits per heavy atom. The Balaban J connectivity index is 1.88. The topological polar surface area (TPSA) is 39.2 Å². The van der Waals surface area contributed by atoms with Crippen molar-refractivity contribution < 1.29 is 13.2 Å². The molecule has 160 valence electrons. The predicted molar refractivity (Wildman–Crippen MR) is 119 cm³/mol. The summed E-state index contributed by atoms with van der Waals surface area (Å²) in [5.74, 6) is 0. The van der Waals surface area contributed by atoms with Crippen molar-refractivity contribution in [2.24, 2.45) is 0 Å². The number of alkyl halides is 3. The summed E-state index contributed by atoms with van der Waals surface area (Å²) in [5, 5.41) is 2.51. The second-order valence-electron chi connectivity index (χ2n) is 7.17. The van der Waals surface area contributed by atoms with Crippen LogP contribution in [0.5, 0.6) is 0 Å². The molecule has 0 aliphatic carbocycles. The van der Waals surface area contributed by atoms with Gasteiger partial charge in [-0.1, -0.05) is 54.1 Å². The molecular weight excluding hydrogens is 435 g/mol. The van der Waals surface area contributed by atoms with E-state index in [4.69, 9.17) is 6.57 Å². The fourth-order valence-electron chi connectivity index (χ4n) is 3.42. The lowest BCUT2D eigenvalue weighted by Gasteiger charge is -2.17. The number of hydrogen-bond donors (Lipinski definition) is 0. The summed E-state index contributed by atoms with van der Waals surface area (Å²) in [4.78, 5) is 20.5. The van der Waals surface area contributed by atoms with Crippen molar-refractivity contribution in [3.63, 3.8) is 0 Å². The van der Waals surface area contributed by atoms with Gasteiger partial charge in [0, 0.05) is 16.6 Å². The van der Waals surface area contributed by atoms with Crippen molar-refractivity contribution >= 4 is 17.0 Å². The van der Waals surface area contributed by atoms with Gasteiger partial charge < -0.3 is 4.57 Å². The molecule has 0 amide bonds. The average molecular weight is 451 g/mol. The fraction of sp³-hybridized carbons (Fsp3) is 0.125. The molecule has 2 heterocycles. The Morgan fingerprint density at radius 1 is 1.06 bits per heavy atom. The van der Waals surface area contributed by atoms with Gasteiger partial charge in [-0.2, -0.15) is 13.2 Å².